The molecule has 2 aromatic heterocycles. The van der Waals surface area contributed by atoms with E-state index < -0.39 is 0 Å². The molecule has 0 spiro atoms. The highest BCUT2D eigenvalue weighted by molar-refractivity contribution is 6.31. The van der Waals surface area contributed by atoms with Crippen molar-refractivity contribution in [2.75, 3.05) is 5.32 Å². The summed E-state index contributed by atoms with van der Waals surface area (Å²) in [5.74, 6) is 0.259. The lowest BCUT2D eigenvalue weighted by molar-refractivity contribution is -0.116. The van der Waals surface area contributed by atoms with Crippen LogP contribution in [0.4, 0.5) is 5.69 Å². The fourth-order valence-corrected chi connectivity index (χ4v) is 2.51. The highest BCUT2D eigenvalue weighted by Crippen LogP contribution is 2.20. The largest absolute Gasteiger partial charge is 0.332 e. The third kappa shape index (κ3) is 3.77. The maximum absolute atomic E-state index is 12.4. The van der Waals surface area contributed by atoms with E-state index in [1.165, 1.54) is 10.6 Å². The number of anilines is 1. The van der Waals surface area contributed by atoms with Crippen molar-refractivity contribution in [2.24, 2.45) is 0 Å². The molecule has 0 saturated heterocycles. The van der Waals surface area contributed by atoms with Gasteiger partial charge < -0.3 is 9.84 Å². The molecule has 0 saturated carbocycles. The Morgan fingerprint density at radius 2 is 2.08 bits per heavy atom. The molecule has 0 unspecified atom stereocenters. The van der Waals surface area contributed by atoms with Crippen LogP contribution in [0.5, 0.6) is 0 Å². The first kappa shape index (κ1) is 16.9. The number of carbonyl (C=O) groups is 1. The smallest absolute Gasteiger partial charge is 0.274 e. The quantitative estimate of drug-likeness (QED) is 0.774. The number of pyridine rings is 1. The minimum atomic E-state index is -0.365. The number of amides is 1. The molecule has 1 amide bonds. The van der Waals surface area contributed by atoms with E-state index in [4.69, 9.17) is 16.1 Å². The van der Waals surface area contributed by atoms with E-state index in [0.717, 1.165) is 5.56 Å². The Hall–Kier alpha value is -2.93. The van der Waals surface area contributed by atoms with Crippen molar-refractivity contribution >= 4 is 23.2 Å². The molecule has 2 heterocycles. The van der Waals surface area contributed by atoms with Crippen LogP contribution in [0.15, 0.2) is 45.7 Å². The van der Waals surface area contributed by atoms with Crippen molar-refractivity contribution in [3.63, 3.8) is 0 Å². The van der Waals surface area contributed by atoms with Crippen LogP contribution in [-0.2, 0) is 11.3 Å². The summed E-state index contributed by atoms with van der Waals surface area (Å²) in [4.78, 5) is 28.7. The van der Waals surface area contributed by atoms with Gasteiger partial charge in [0, 0.05) is 16.8 Å². The molecule has 0 atom stereocenters. The van der Waals surface area contributed by atoms with Crippen LogP contribution in [0, 0.1) is 13.8 Å². The SMILES string of the molecule is Cc1noc(-c2cccc(=O)n2CC(=O)Nc2cc(Cl)ccc2C)n1. The Labute approximate surface area is 148 Å². The van der Waals surface area contributed by atoms with Gasteiger partial charge in [-0.3, -0.25) is 14.2 Å². The summed E-state index contributed by atoms with van der Waals surface area (Å²) in [6, 6.07) is 9.79. The van der Waals surface area contributed by atoms with Crippen LogP contribution in [0.2, 0.25) is 5.02 Å². The predicted molar refractivity (Wildman–Crippen MR) is 93.5 cm³/mol. The van der Waals surface area contributed by atoms with E-state index in [9.17, 15) is 9.59 Å². The number of hydrogen-bond acceptors (Lipinski definition) is 5. The van der Waals surface area contributed by atoms with E-state index in [1.807, 2.05) is 6.92 Å². The number of aryl methyl sites for hydroxylation is 2. The van der Waals surface area contributed by atoms with Crippen molar-refractivity contribution in [1.82, 2.24) is 14.7 Å². The number of rotatable bonds is 4. The molecule has 0 aliphatic carbocycles. The fraction of sp³-hybridized carbons (Fsp3) is 0.176. The first-order valence-electron chi connectivity index (χ1n) is 7.50. The van der Waals surface area contributed by atoms with E-state index in [0.29, 0.717) is 22.2 Å². The fourth-order valence-electron chi connectivity index (χ4n) is 2.33. The Morgan fingerprint density at radius 3 is 2.80 bits per heavy atom. The Bertz CT molecular complexity index is 994. The molecule has 1 aromatic carbocycles. The van der Waals surface area contributed by atoms with Crippen molar-refractivity contribution in [3.05, 3.63) is 63.2 Å². The zero-order valence-electron chi connectivity index (χ0n) is 13.6. The van der Waals surface area contributed by atoms with Crippen molar-refractivity contribution in [3.8, 4) is 11.6 Å². The standard InChI is InChI=1S/C17H15ClN4O3/c1-10-6-7-12(18)8-13(10)20-15(23)9-22-14(4-3-5-16(22)24)17-19-11(2)21-25-17/h3-8H,9H2,1-2H3,(H,20,23). The molecular weight excluding hydrogens is 344 g/mol. The van der Waals surface area contributed by atoms with Crippen LogP contribution >= 0.6 is 11.6 Å². The summed E-state index contributed by atoms with van der Waals surface area (Å²) in [5.41, 5.74) is 1.50. The molecule has 0 aliphatic rings. The molecule has 0 fully saturated rings. The molecule has 0 bridgehead atoms. The Morgan fingerprint density at radius 1 is 1.28 bits per heavy atom. The lowest BCUT2D eigenvalue weighted by Gasteiger charge is -2.12. The van der Waals surface area contributed by atoms with Crippen LogP contribution in [0.3, 0.4) is 0 Å². The molecule has 0 aliphatic heterocycles. The van der Waals surface area contributed by atoms with Gasteiger partial charge in [0.05, 0.1) is 0 Å². The molecule has 25 heavy (non-hydrogen) atoms. The number of benzene rings is 1. The summed E-state index contributed by atoms with van der Waals surface area (Å²) in [7, 11) is 0. The summed E-state index contributed by atoms with van der Waals surface area (Å²) in [6.07, 6.45) is 0. The van der Waals surface area contributed by atoms with Crippen LogP contribution in [0.25, 0.3) is 11.6 Å². The molecular formula is C17H15ClN4O3. The normalized spacial score (nSPS) is 10.7. The highest BCUT2D eigenvalue weighted by atomic mass is 35.5. The van der Waals surface area contributed by atoms with E-state index >= 15 is 0 Å². The van der Waals surface area contributed by atoms with Crippen LogP contribution < -0.4 is 10.9 Å². The van der Waals surface area contributed by atoms with Crippen LogP contribution in [-0.4, -0.2) is 20.6 Å². The van der Waals surface area contributed by atoms with Crippen LogP contribution in [0.1, 0.15) is 11.4 Å². The van der Waals surface area contributed by atoms with E-state index in [1.54, 1.807) is 37.3 Å². The maximum atomic E-state index is 12.4. The first-order valence-corrected chi connectivity index (χ1v) is 7.88. The third-order valence-electron chi connectivity index (χ3n) is 3.57. The zero-order valence-corrected chi connectivity index (χ0v) is 14.4. The van der Waals surface area contributed by atoms with Crippen molar-refractivity contribution < 1.29 is 9.32 Å². The minimum Gasteiger partial charge on any atom is -0.332 e. The highest BCUT2D eigenvalue weighted by Gasteiger charge is 2.15. The van der Waals surface area contributed by atoms with Gasteiger partial charge in [0.2, 0.25) is 5.91 Å². The molecule has 3 aromatic rings. The van der Waals surface area contributed by atoms with Gasteiger partial charge in [-0.05, 0) is 37.6 Å². The van der Waals surface area contributed by atoms with E-state index in [2.05, 4.69) is 15.5 Å². The molecule has 0 radical (unpaired) electrons. The summed E-state index contributed by atoms with van der Waals surface area (Å²) >= 11 is 5.96. The lowest BCUT2D eigenvalue weighted by atomic mass is 10.2. The van der Waals surface area contributed by atoms with Crippen molar-refractivity contribution in [2.45, 2.75) is 20.4 Å². The zero-order chi connectivity index (χ0) is 18.0. The number of nitrogens with one attached hydrogen (secondary N) is 1. The second-order valence-corrected chi connectivity index (χ2v) is 5.93. The predicted octanol–water partition coefficient (Wildman–Crippen LogP) is 2.81. The van der Waals surface area contributed by atoms with Gasteiger partial charge in [0.25, 0.3) is 11.4 Å². The number of carbonyl (C=O) groups excluding carboxylic acids is 1. The topological polar surface area (TPSA) is 90.0 Å². The summed E-state index contributed by atoms with van der Waals surface area (Å²) in [6.45, 7) is 3.34. The molecule has 8 heteroatoms. The molecule has 3 rings (SSSR count). The summed E-state index contributed by atoms with van der Waals surface area (Å²) < 4.78 is 6.39. The van der Waals surface area contributed by atoms with E-state index in [-0.39, 0.29) is 23.9 Å². The average molecular weight is 359 g/mol. The first-order chi connectivity index (χ1) is 11.9. The Kier molecular flexibility index (Phi) is 4.67. The third-order valence-corrected chi connectivity index (χ3v) is 3.81. The molecule has 1 N–H and O–H groups in total. The molecule has 7 nitrogen and oxygen atoms in total. The second-order valence-electron chi connectivity index (χ2n) is 5.49. The summed E-state index contributed by atoms with van der Waals surface area (Å²) in [5, 5.41) is 6.99. The average Bonchev–Trinajstić information content (AvgIpc) is 2.99. The number of hydrogen-bond donors (Lipinski definition) is 1. The monoisotopic (exact) mass is 358 g/mol. The number of nitrogens with zero attached hydrogens (tertiary/aromatic N) is 3. The van der Waals surface area contributed by atoms with Gasteiger partial charge in [-0.25, -0.2) is 0 Å². The Balaban J connectivity index is 1.89. The van der Waals surface area contributed by atoms with Gasteiger partial charge in [-0.2, -0.15) is 4.98 Å². The maximum Gasteiger partial charge on any atom is 0.274 e. The second kappa shape index (κ2) is 6.90. The van der Waals surface area contributed by atoms with Gasteiger partial charge in [0.1, 0.15) is 12.2 Å². The van der Waals surface area contributed by atoms with Gasteiger partial charge in [-0.1, -0.05) is 28.9 Å². The number of aromatic nitrogens is 3. The lowest BCUT2D eigenvalue weighted by Crippen LogP contribution is -2.28. The minimum absolute atomic E-state index is 0.182. The number of halogens is 1. The van der Waals surface area contributed by atoms with Gasteiger partial charge in [0.15, 0.2) is 5.82 Å². The van der Waals surface area contributed by atoms with Gasteiger partial charge in [-0.15, -0.1) is 0 Å². The van der Waals surface area contributed by atoms with Gasteiger partial charge >= 0.3 is 0 Å². The molecule has 128 valence electrons. The van der Waals surface area contributed by atoms with Crippen molar-refractivity contribution in [1.29, 1.82) is 0 Å².